The van der Waals surface area contributed by atoms with Gasteiger partial charge in [-0.1, -0.05) is 37.3 Å². The monoisotopic (exact) mass is 359 g/mol. The van der Waals surface area contributed by atoms with Gasteiger partial charge in [-0.2, -0.15) is 0 Å². The molecule has 1 heterocycles. The van der Waals surface area contributed by atoms with Gasteiger partial charge in [0, 0.05) is 26.1 Å². The summed E-state index contributed by atoms with van der Waals surface area (Å²) in [6, 6.07) is 10.1. The number of amides is 1. The highest BCUT2D eigenvalue weighted by Crippen LogP contribution is 2.11. The fourth-order valence-electron chi connectivity index (χ4n) is 2.22. The zero-order chi connectivity index (χ0) is 15.1. The first-order valence-corrected chi connectivity index (χ1v) is 7.21. The smallest absolute Gasteiger partial charge is 0.276 e. The molecule has 2 aromatic rings. The molecule has 2 N–H and O–H groups in total. The van der Waals surface area contributed by atoms with E-state index in [1.165, 1.54) is 12.0 Å². The van der Waals surface area contributed by atoms with Crippen LogP contribution in [0.15, 0.2) is 41.1 Å². The molecule has 0 unspecified atom stereocenters. The van der Waals surface area contributed by atoms with E-state index in [1.54, 1.807) is 4.90 Å². The molecule has 0 aliphatic carbocycles. The fraction of sp³-hybridized carbons (Fsp3) is 0.375. The van der Waals surface area contributed by atoms with Gasteiger partial charge in [0.05, 0.1) is 0 Å². The van der Waals surface area contributed by atoms with E-state index in [-0.39, 0.29) is 30.7 Å². The maximum atomic E-state index is 12.5. The van der Waals surface area contributed by atoms with Gasteiger partial charge in [-0.3, -0.25) is 4.79 Å². The van der Waals surface area contributed by atoms with E-state index in [0.29, 0.717) is 37.5 Å². The molecule has 23 heavy (non-hydrogen) atoms. The molecule has 128 valence electrons. The predicted molar refractivity (Wildman–Crippen MR) is 95.5 cm³/mol. The SMILES string of the molecule is CCc1ocnc1C(=O)N(CCN)CCc1ccccc1.Cl.Cl. The lowest BCUT2D eigenvalue weighted by Crippen LogP contribution is -2.37. The van der Waals surface area contributed by atoms with Gasteiger partial charge >= 0.3 is 0 Å². The Morgan fingerprint density at radius 2 is 1.91 bits per heavy atom. The first-order chi connectivity index (χ1) is 10.3. The minimum Gasteiger partial charge on any atom is -0.448 e. The van der Waals surface area contributed by atoms with Crippen molar-refractivity contribution in [3.63, 3.8) is 0 Å². The number of hydrogen-bond acceptors (Lipinski definition) is 4. The highest BCUT2D eigenvalue weighted by atomic mass is 35.5. The second-order valence-corrected chi connectivity index (χ2v) is 4.79. The number of carbonyl (C=O) groups excluding carboxylic acids is 1. The maximum Gasteiger partial charge on any atom is 0.276 e. The van der Waals surface area contributed by atoms with Crippen LogP contribution < -0.4 is 5.73 Å². The first-order valence-electron chi connectivity index (χ1n) is 7.21. The number of nitrogens with two attached hydrogens (primary N) is 1. The molecule has 0 saturated heterocycles. The Labute approximate surface area is 149 Å². The number of aromatic nitrogens is 1. The van der Waals surface area contributed by atoms with Gasteiger partial charge in [0.25, 0.3) is 5.91 Å². The fourth-order valence-corrected chi connectivity index (χ4v) is 2.22. The molecule has 2 rings (SSSR count). The summed E-state index contributed by atoms with van der Waals surface area (Å²) in [6.45, 7) is 3.51. The lowest BCUT2D eigenvalue weighted by Gasteiger charge is -2.21. The Kier molecular flexibility index (Phi) is 10.3. The van der Waals surface area contributed by atoms with Crippen LogP contribution in [0, 0.1) is 0 Å². The molecule has 1 aromatic carbocycles. The Hall–Kier alpha value is -1.56. The second-order valence-electron chi connectivity index (χ2n) is 4.79. The topological polar surface area (TPSA) is 72.4 Å². The summed E-state index contributed by atoms with van der Waals surface area (Å²) >= 11 is 0. The van der Waals surface area contributed by atoms with Crippen molar-refractivity contribution in [2.45, 2.75) is 19.8 Å². The summed E-state index contributed by atoms with van der Waals surface area (Å²) in [7, 11) is 0. The minimum absolute atomic E-state index is 0. The largest absolute Gasteiger partial charge is 0.448 e. The summed E-state index contributed by atoms with van der Waals surface area (Å²) < 4.78 is 5.24. The van der Waals surface area contributed by atoms with Crippen LogP contribution in [-0.2, 0) is 12.8 Å². The van der Waals surface area contributed by atoms with Crippen LogP contribution in [0.4, 0.5) is 0 Å². The molecule has 0 atom stereocenters. The highest BCUT2D eigenvalue weighted by Gasteiger charge is 2.21. The van der Waals surface area contributed by atoms with E-state index in [0.717, 1.165) is 6.42 Å². The molecule has 0 radical (unpaired) electrons. The number of hydrogen-bond donors (Lipinski definition) is 1. The van der Waals surface area contributed by atoms with Gasteiger partial charge in [-0.15, -0.1) is 24.8 Å². The summed E-state index contributed by atoms with van der Waals surface area (Å²) in [4.78, 5) is 18.3. The number of rotatable bonds is 7. The minimum atomic E-state index is -0.109. The van der Waals surface area contributed by atoms with E-state index in [1.807, 2.05) is 25.1 Å². The highest BCUT2D eigenvalue weighted by molar-refractivity contribution is 5.93. The van der Waals surface area contributed by atoms with Crippen LogP contribution in [0.5, 0.6) is 0 Å². The molecule has 0 spiro atoms. The molecular weight excluding hydrogens is 337 g/mol. The van der Waals surface area contributed by atoms with Crippen molar-refractivity contribution in [3.05, 3.63) is 53.7 Å². The zero-order valence-electron chi connectivity index (χ0n) is 13.1. The molecule has 0 aliphatic rings. The number of halogens is 2. The van der Waals surface area contributed by atoms with Crippen LogP contribution in [0.25, 0.3) is 0 Å². The van der Waals surface area contributed by atoms with Crippen molar-refractivity contribution in [1.29, 1.82) is 0 Å². The number of aryl methyl sites for hydroxylation is 1. The summed E-state index contributed by atoms with van der Waals surface area (Å²) in [5.74, 6) is 0.517. The molecule has 5 nitrogen and oxygen atoms in total. The Bertz CT molecular complexity index is 576. The molecule has 0 fully saturated rings. The summed E-state index contributed by atoms with van der Waals surface area (Å²) in [5.41, 5.74) is 7.22. The number of benzene rings is 1. The maximum absolute atomic E-state index is 12.5. The third-order valence-electron chi connectivity index (χ3n) is 3.36. The standard InChI is InChI=1S/C16H21N3O2.2ClH/c1-2-14-15(18-12-21-14)16(20)19(11-9-17)10-8-13-6-4-3-5-7-13;;/h3-7,12H,2,8-11,17H2,1H3;2*1H. The van der Waals surface area contributed by atoms with Crippen LogP contribution in [0.3, 0.4) is 0 Å². The van der Waals surface area contributed by atoms with Crippen molar-refractivity contribution in [2.24, 2.45) is 5.73 Å². The zero-order valence-corrected chi connectivity index (χ0v) is 14.7. The Morgan fingerprint density at radius 1 is 1.22 bits per heavy atom. The molecular formula is C16H23Cl2N3O2. The van der Waals surface area contributed by atoms with Gasteiger partial charge in [0.15, 0.2) is 12.1 Å². The average molecular weight is 360 g/mol. The van der Waals surface area contributed by atoms with Crippen LogP contribution >= 0.6 is 24.8 Å². The van der Waals surface area contributed by atoms with Crippen LogP contribution in [0.2, 0.25) is 0 Å². The van der Waals surface area contributed by atoms with Crippen molar-refractivity contribution in [1.82, 2.24) is 9.88 Å². The summed E-state index contributed by atoms with van der Waals surface area (Å²) in [5, 5.41) is 0. The first kappa shape index (κ1) is 21.4. The van der Waals surface area contributed by atoms with E-state index < -0.39 is 0 Å². The van der Waals surface area contributed by atoms with Crippen molar-refractivity contribution in [3.8, 4) is 0 Å². The molecule has 0 bridgehead atoms. The van der Waals surface area contributed by atoms with Gasteiger partial charge in [-0.05, 0) is 12.0 Å². The lowest BCUT2D eigenvalue weighted by atomic mass is 10.1. The average Bonchev–Trinajstić information content (AvgIpc) is 3.00. The van der Waals surface area contributed by atoms with E-state index in [9.17, 15) is 4.79 Å². The quantitative estimate of drug-likeness (QED) is 0.824. The Balaban J connectivity index is 0.00000242. The number of carbonyl (C=O) groups is 1. The van der Waals surface area contributed by atoms with Gasteiger partial charge in [0.2, 0.25) is 0 Å². The van der Waals surface area contributed by atoms with E-state index in [2.05, 4.69) is 17.1 Å². The number of nitrogens with zero attached hydrogens (tertiary/aromatic N) is 2. The normalized spacial score (nSPS) is 9.65. The van der Waals surface area contributed by atoms with E-state index >= 15 is 0 Å². The van der Waals surface area contributed by atoms with Crippen LogP contribution in [-0.4, -0.2) is 35.4 Å². The van der Waals surface area contributed by atoms with Gasteiger partial charge in [0.1, 0.15) is 5.76 Å². The molecule has 0 saturated carbocycles. The van der Waals surface area contributed by atoms with Crippen molar-refractivity contribution >= 4 is 30.7 Å². The predicted octanol–water partition coefficient (Wildman–Crippen LogP) is 2.72. The second kappa shape index (κ2) is 11.0. The van der Waals surface area contributed by atoms with Crippen LogP contribution in [0.1, 0.15) is 28.7 Å². The molecule has 7 heteroatoms. The summed E-state index contributed by atoms with van der Waals surface area (Å²) in [6.07, 6.45) is 2.77. The van der Waals surface area contributed by atoms with Gasteiger partial charge in [-0.25, -0.2) is 4.98 Å². The lowest BCUT2D eigenvalue weighted by molar-refractivity contribution is 0.0754. The van der Waals surface area contributed by atoms with E-state index in [4.69, 9.17) is 10.2 Å². The van der Waals surface area contributed by atoms with Crippen molar-refractivity contribution < 1.29 is 9.21 Å². The number of oxazole rings is 1. The third-order valence-corrected chi connectivity index (χ3v) is 3.36. The Morgan fingerprint density at radius 3 is 2.52 bits per heavy atom. The van der Waals surface area contributed by atoms with Crippen molar-refractivity contribution in [2.75, 3.05) is 19.6 Å². The molecule has 0 aliphatic heterocycles. The van der Waals surface area contributed by atoms with Gasteiger partial charge < -0.3 is 15.1 Å². The molecule has 1 amide bonds. The third kappa shape index (κ3) is 5.86. The molecule has 1 aromatic heterocycles.